The number of anilines is 1. The number of halogens is 4. The molecule has 0 spiro atoms. The van der Waals surface area contributed by atoms with Crippen molar-refractivity contribution in [3.05, 3.63) is 59.2 Å². The van der Waals surface area contributed by atoms with Crippen molar-refractivity contribution >= 4 is 43.9 Å². The van der Waals surface area contributed by atoms with Crippen LogP contribution in [0.3, 0.4) is 0 Å². The number of sulfone groups is 1. The Balaban J connectivity index is 1.84. The molecule has 2 aromatic carbocycles. The summed E-state index contributed by atoms with van der Waals surface area (Å²) in [6.07, 6.45) is -3.36. The Morgan fingerprint density at radius 2 is 1.85 bits per heavy atom. The summed E-state index contributed by atoms with van der Waals surface area (Å²) >= 11 is 5.80. The summed E-state index contributed by atoms with van der Waals surface area (Å²) in [6, 6.07) is 9.03. The average molecular weight is 417 g/mol. The Labute approximate surface area is 157 Å². The molecule has 0 aliphatic carbocycles. The van der Waals surface area contributed by atoms with Crippen LogP contribution in [0, 0.1) is 0 Å². The summed E-state index contributed by atoms with van der Waals surface area (Å²) in [4.78, 5) is 14.9. The van der Waals surface area contributed by atoms with E-state index in [1.165, 1.54) is 6.20 Å². The molecule has 0 saturated carbocycles. The third-order valence-electron chi connectivity index (χ3n) is 3.78. The van der Waals surface area contributed by atoms with E-state index >= 15 is 0 Å². The van der Waals surface area contributed by atoms with Gasteiger partial charge in [0, 0.05) is 17.1 Å². The van der Waals surface area contributed by atoms with E-state index < -0.39 is 33.2 Å². The molecule has 10 heteroatoms. The highest BCUT2D eigenvalue weighted by molar-refractivity contribution is 7.92. The van der Waals surface area contributed by atoms with Gasteiger partial charge in [0.1, 0.15) is 5.75 Å². The van der Waals surface area contributed by atoms with Gasteiger partial charge in [-0.1, -0.05) is 29.8 Å². The van der Waals surface area contributed by atoms with Gasteiger partial charge in [0.05, 0.1) is 21.2 Å². The number of aromatic nitrogens is 1. The van der Waals surface area contributed by atoms with E-state index in [-0.39, 0.29) is 15.6 Å². The monoisotopic (exact) mass is 416 g/mol. The first-order valence-electron chi connectivity index (χ1n) is 7.53. The maximum absolute atomic E-state index is 12.8. The Morgan fingerprint density at radius 3 is 2.56 bits per heavy atom. The molecular weight excluding hydrogens is 405 g/mol. The average Bonchev–Trinajstić information content (AvgIpc) is 3.00. The fourth-order valence-electron chi connectivity index (χ4n) is 2.54. The number of alkyl halides is 3. The molecule has 1 aromatic heterocycles. The molecule has 1 amide bonds. The molecule has 0 radical (unpaired) electrons. The van der Waals surface area contributed by atoms with Gasteiger partial charge in [0.2, 0.25) is 5.91 Å². The van der Waals surface area contributed by atoms with Gasteiger partial charge >= 0.3 is 6.18 Å². The molecule has 5 nitrogen and oxygen atoms in total. The minimum atomic E-state index is -4.62. The lowest BCUT2D eigenvalue weighted by atomic mass is 10.2. The van der Waals surface area contributed by atoms with Crippen LogP contribution in [0.2, 0.25) is 5.02 Å². The molecule has 1 heterocycles. The third-order valence-corrected chi connectivity index (χ3v) is 5.75. The number of carbonyl (C=O) groups is 1. The van der Waals surface area contributed by atoms with Crippen LogP contribution in [0.15, 0.2) is 53.6 Å². The normalized spacial score (nSPS) is 12.3. The molecule has 3 rings (SSSR count). The highest BCUT2D eigenvalue weighted by Crippen LogP contribution is 2.34. The van der Waals surface area contributed by atoms with Gasteiger partial charge in [-0.05, 0) is 24.3 Å². The summed E-state index contributed by atoms with van der Waals surface area (Å²) in [5, 5.41) is 2.41. The first-order valence-corrected chi connectivity index (χ1v) is 9.56. The van der Waals surface area contributed by atoms with Crippen molar-refractivity contribution in [1.82, 2.24) is 4.98 Å². The third kappa shape index (κ3) is 4.09. The fourth-order valence-corrected chi connectivity index (χ4v) is 4.03. The van der Waals surface area contributed by atoms with Crippen LogP contribution in [0.4, 0.5) is 18.9 Å². The van der Waals surface area contributed by atoms with Crippen molar-refractivity contribution in [2.45, 2.75) is 11.1 Å². The molecule has 0 unspecified atom stereocenters. The molecule has 0 fully saturated rings. The standard InChI is InChI=1S/C17H12ClF3N2O3S/c18-12-6-5-10(17(19,20)21)7-14(12)23-16(24)9-27(25,26)15-8-22-13-4-2-1-3-11(13)15/h1-8,22H,9H2,(H,23,24). The summed E-state index contributed by atoms with van der Waals surface area (Å²) in [5.74, 6) is -1.94. The predicted molar refractivity (Wildman–Crippen MR) is 95.4 cm³/mol. The molecule has 0 aliphatic rings. The lowest BCUT2D eigenvalue weighted by Crippen LogP contribution is -2.23. The molecule has 27 heavy (non-hydrogen) atoms. The smallest absolute Gasteiger partial charge is 0.360 e. The lowest BCUT2D eigenvalue weighted by Gasteiger charge is -2.11. The van der Waals surface area contributed by atoms with E-state index in [2.05, 4.69) is 10.3 Å². The number of fused-ring (bicyclic) bond motifs is 1. The van der Waals surface area contributed by atoms with Crippen molar-refractivity contribution in [1.29, 1.82) is 0 Å². The van der Waals surface area contributed by atoms with Crippen LogP contribution in [0.25, 0.3) is 10.9 Å². The van der Waals surface area contributed by atoms with E-state index in [1.54, 1.807) is 24.3 Å². The predicted octanol–water partition coefficient (Wildman–Crippen LogP) is 4.25. The minimum absolute atomic E-state index is 0.0663. The van der Waals surface area contributed by atoms with E-state index in [0.29, 0.717) is 17.0 Å². The molecule has 0 atom stereocenters. The van der Waals surface area contributed by atoms with Crippen LogP contribution < -0.4 is 5.32 Å². The summed E-state index contributed by atoms with van der Waals surface area (Å²) in [6.45, 7) is 0. The van der Waals surface area contributed by atoms with Gasteiger partial charge in [-0.3, -0.25) is 4.79 Å². The molecule has 0 aliphatic heterocycles. The van der Waals surface area contributed by atoms with Crippen LogP contribution in [0.1, 0.15) is 5.56 Å². The maximum atomic E-state index is 12.8. The molecular formula is C17H12ClF3N2O3S. The SMILES string of the molecule is O=C(CS(=O)(=O)c1c[nH]c2ccccc12)Nc1cc(C(F)(F)F)ccc1Cl. The highest BCUT2D eigenvalue weighted by Gasteiger charge is 2.31. The van der Waals surface area contributed by atoms with Gasteiger partial charge in [-0.15, -0.1) is 0 Å². The van der Waals surface area contributed by atoms with Crippen LogP contribution >= 0.6 is 11.6 Å². The van der Waals surface area contributed by atoms with Crippen molar-refractivity contribution in [3.63, 3.8) is 0 Å². The van der Waals surface area contributed by atoms with Gasteiger partial charge in [0.15, 0.2) is 9.84 Å². The molecule has 0 saturated heterocycles. The van der Waals surface area contributed by atoms with Crippen molar-refractivity contribution in [2.75, 3.05) is 11.1 Å². The summed E-state index contributed by atoms with van der Waals surface area (Å²) in [5.41, 5.74) is -0.746. The zero-order chi connectivity index (χ0) is 19.8. The number of para-hydroxylation sites is 1. The quantitative estimate of drug-likeness (QED) is 0.667. The minimum Gasteiger partial charge on any atom is -0.360 e. The Morgan fingerprint density at radius 1 is 1.15 bits per heavy atom. The number of rotatable bonds is 4. The molecule has 0 bridgehead atoms. The first-order chi connectivity index (χ1) is 12.6. The molecule has 142 valence electrons. The number of aromatic amines is 1. The van der Waals surface area contributed by atoms with Gasteiger partial charge < -0.3 is 10.3 Å². The number of nitrogens with one attached hydrogen (secondary N) is 2. The summed E-state index contributed by atoms with van der Waals surface area (Å²) < 4.78 is 63.4. The molecule has 3 aromatic rings. The highest BCUT2D eigenvalue weighted by atomic mass is 35.5. The van der Waals surface area contributed by atoms with Crippen molar-refractivity contribution < 1.29 is 26.4 Å². The Bertz CT molecular complexity index is 1120. The zero-order valence-corrected chi connectivity index (χ0v) is 15.0. The number of H-pyrrole nitrogens is 1. The zero-order valence-electron chi connectivity index (χ0n) is 13.5. The summed E-state index contributed by atoms with van der Waals surface area (Å²) in [7, 11) is -4.02. The largest absolute Gasteiger partial charge is 0.416 e. The van der Waals surface area contributed by atoms with Crippen LogP contribution in [-0.4, -0.2) is 25.1 Å². The maximum Gasteiger partial charge on any atom is 0.416 e. The van der Waals surface area contributed by atoms with Gasteiger partial charge in [0.25, 0.3) is 0 Å². The van der Waals surface area contributed by atoms with Gasteiger partial charge in [-0.2, -0.15) is 13.2 Å². The first kappa shape index (κ1) is 19.2. The lowest BCUT2D eigenvalue weighted by molar-refractivity contribution is -0.137. The second kappa shape index (κ2) is 6.90. The van der Waals surface area contributed by atoms with Gasteiger partial charge in [-0.25, -0.2) is 8.42 Å². The van der Waals surface area contributed by atoms with Crippen molar-refractivity contribution in [3.8, 4) is 0 Å². The number of hydrogen-bond donors (Lipinski definition) is 2. The number of hydrogen-bond acceptors (Lipinski definition) is 3. The topological polar surface area (TPSA) is 79.0 Å². The second-order valence-electron chi connectivity index (χ2n) is 5.70. The number of carbonyl (C=O) groups excluding carboxylic acids is 1. The van der Waals surface area contributed by atoms with Crippen LogP contribution in [0.5, 0.6) is 0 Å². The Hall–Kier alpha value is -2.52. The molecule has 2 N–H and O–H groups in total. The second-order valence-corrected chi connectivity index (χ2v) is 8.06. The van der Waals surface area contributed by atoms with E-state index in [0.717, 1.165) is 12.1 Å². The van der Waals surface area contributed by atoms with E-state index in [1.807, 2.05) is 0 Å². The van der Waals surface area contributed by atoms with E-state index in [4.69, 9.17) is 11.6 Å². The van der Waals surface area contributed by atoms with E-state index in [9.17, 15) is 26.4 Å². The number of benzene rings is 2. The number of amides is 1. The van der Waals surface area contributed by atoms with Crippen LogP contribution in [-0.2, 0) is 20.8 Å². The Kier molecular flexibility index (Phi) is 4.92. The van der Waals surface area contributed by atoms with Crippen molar-refractivity contribution in [2.24, 2.45) is 0 Å². The fraction of sp³-hybridized carbons (Fsp3) is 0.118.